The number of pyridine rings is 2. The maximum atomic E-state index is 15.0. The topological polar surface area (TPSA) is 252 Å². The van der Waals surface area contributed by atoms with Crippen molar-refractivity contribution >= 4 is 70.1 Å². The zero-order chi connectivity index (χ0) is 60.0. The third-order valence-corrected chi connectivity index (χ3v) is 15.3. The number of halogens is 5. The Kier molecular flexibility index (Phi) is 17.5. The first kappa shape index (κ1) is 58.9. The van der Waals surface area contributed by atoms with Gasteiger partial charge in [0.15, 0.2) is 17.4 Å². The normalized spacial score (nSPS) is 17.2. The Morgan fingerprint density at radius 2 is 0.976 bits per heavy atom. The van der Waals surface area contributed by atoms with Crippen LogP contribution < -0.4 is 41.4 Å². The second-order valence-corrected chi connectivity index (χ2v) is 21.3. The molecule has 85 heavy (non-hydrogen) atoms. The number of likely N-dealkylation sites (tertiary alicyclic amines) is 2. The van der Waals surface area contributed by atoms with Gasteiger partial charge in [-0.1, -0.05) is 0 Å². The van der Waals surface area contributed by atoms with Gasteiger partial charge in [0, 0.05) is 99.4 Å². The lowest BCUT2D eigenvalue weighted by atomic mass is 10.0. The molecule has 0 radical (unpaired) electrons. The number of urea groups is 2. The van der Waals surface area contributed by atoms with Gasteiger partial charge >= 0.3 is 12.1 Å². The maximum absolute atomic E-state index is 15.0. The summed E-state index contributed by atoms with van der Waals surface area (Å²) in [6.07, 6.45) is 5.10. The number of likely N-dealkylation sites (N-methyl/N-ethyl adjacent to an activating group) is 1. The molecule has 0 atom stereocenters. The summed E-state index contributed by atoms with van der Waals surface area (Å²) in [5.74, 6) is -5.83. The Hall–Kier alpha value is -9.27. The number of hydrogen-bond donors (Lipinski definition) is 7. The van der Waals surface area contributed by atoms with Crippen molar-refractivity contribution in [2.75, 3.05) is 91.3 Å². The highest BCUT2D eigenvalue weighted by molar-refractivity contribution is 6.18. The molecule has 4 aromatic carbocycles. The molecule has 21 nitrogen and oxygen atoms in total. The van der Waals surface area contributed by atoms with Crippen LogP contribution in [0.1, 0.15) is 38.5 Å². The number of piperidine rings is 1. The number of aliphatic hydroxyl groups is 1. The summed E-state index contributed by atoms with van der Waals surface area (Å²) in [4.78, 5) is 92.6. The molecule has 7 N–H and O–H groups in total. The Labute approximate surface area is 483 Å². The van der Waals surface area contributed by atoms with E-state index in [2.05, 4.69) is 58.7 Å². The number of carbonyl (C=O) groups is 6. The highest BCUT2D eigenvalue weighted by Gasteiger charge is 2.57. The zero-order valence-corrected chi connectivity index (χ0v) is 45.8. The number of aromatic nitrogens is 2. The molecule has 2 saturated carbocycles. The minimum atomic E-state index is -1.46. The van der Waals surface area contributed by atoms with Crippen LogP contribution >= 0.6 is 0 Å². The predicted octanol–water partition coefficient (Wildman–Crippen LogP) is 8.61. The van der Waals surface area contributed by atoms with E-state index in [0.717, 1.165) is 69.4 Å². The number of ether oxygens (including phenoxy) is 2. The lowest BCUT2D eigenvalue weighted by Crippen LogP contribution is -2.54. The molecule has 5 fully saturated rings. The summed E-state index contributed by atoms with van der Waals surface area (Å²) in [6, 6.07) is 21.2. The summed E-state index contributed by atoms with van der Waals surface area (Å²) >= 11 is 0. The van der Waals surface area contributed by atoms with Crippen molar-refractivity contribution in [1.82, 2.24) is 29.6 Å². The molecule has 3 saturated heterocycles. The summed E-state index contributed by atoms with van der Waals surface area (Å²) in [5, 5.41) is 24.6. The maximum Gasteiger partial charge on any atom is 0.323 e. The molecule has 2 aliphatic carbocycles. The molecule has 3 aliphatic heterocycles. The average molecular weight is 1180 g/mol. The smallest absolute Gasteiger partial charge is 0.323 e. The van der Waals surface area contributed by atoms with Crippen molar-refractivity contribution in [3.05, 3.63) is 145 Å². The highest BCUT2D eigenvalue weighted by atomic mass is 19.1. The van der Waals surface area contributed by atoms with Gasteiger partial charge in [0.2, 0.25) is 23.6 Å². The highest BCUT2D eigenvalue weighted by Crippen LogP contribution is 2.49. The van der Waals surface area contributed by atoms with E-state index < -0.39 is 87.1 Å². The van der Waals surface area contributed by atoms with E-state index >= 15 is 4.39 Å². The van der Waals surface area contributed by atoms with Gasteiger partial charge in [-0.25, -0.2) is 41.5 Å². The molecule has 26 heteroatoms. The summed E-state index contributed by atoms with van der Waals surface area (Å²) in [5.41, 5.74) is -2.72. The van der Waals surface area contributed by atoms with Crippen molar-refractivity contribution in [2.45, 2.75) is 50.7 Å². The number of rotatable bonds is 15. The van der Waals surface area contributed by atoms with Crippen LogP contribution in [-0.4, -0.2) is 142 Å². The van der Waals surface area contributed by atoms with Gasteiger partial charge in [-0.2, -0.15) is 0 Å². The molecule has 8 amide bonds. The van der Waals surface area contributed by atoms with Crippen molar-refractivity contribution in [1.29, 1.82) is 0 Å². The van der Waals surface area contributed by atoms with Crippen LogP contribution in [0.25, 0.3) is 0 Å². The quantitative estimate of drug-likeness (QED) is 0.0376. The lowest BCUT2D eigenvalue weighted by molar-refractivity contribution is -0.132. The van der Waals surface area contributed by atoms with Gasteiger partial charge in [0.05, 0.1) is 30.6 Å². The van der Waals surface area contributed by atoms with Crippen molar-refractivity contribution in [3.63, 3.8) is 0 Å². The number of β-amino-alcohol motifs (C(OH)–C–C–N with tert-alkyl or cyclic N) is 1. The van der Waals surface area contributed by atoms with Crippen LogP contribution in [0.4, 0.5) is 65.9 Å². The SMILES string of the molecule is CN1CCN(C2CCN(C(=O)Nc3cc(Oc4ccc(NC(=O)C5(C(=O)Nc6ccc(F)cc6)CC5)c(F)c4)ccn3)CC2)CC1.O=C(Nc1cc(Oc2cc(F)c(NC(=O)C3(C(=O)Nc4ccc(F)cc4)CC3)cc2F)ccn1)N1CC(O)C1. The number of benzene rings is 4. The third kappa shape index (κ3) is 14.4. The van der Waals surface area contributed by atoms with Crippen LogP contribution in [0.15, 0.2) is 116 Å². The fourth-order valence-corrected chi connectivity index (χ4v) is 9.75. The largest absolute Gasteiger partial charge is 0.457 e. The third-order valence-electron chi connectivity index (χ3n) is 15.3. The Morgan fingerprint density at radius 3 is 1.48 bits per heavy atom. The molecule has 0 unspecified atom stereocenters. The molecular weight excluding hydrogens is 1120 g/mol. The van der Waals surface area contributed by atoms with E-state index in [1.54, 1.807) is 17.0 Å². The van der Waals surface area contributed by atoms with Crippen LogP contribution in [-0.2, 0) is 19.2 Å². The second-order valence-electron chi connectivity index (χ2n) is 21.3. The molecule has 0 spiro atoms. The van der Waals surface area contributed by atoms with Crippen molar-refractivity contribution < 1.29 is 65.3 Å². The van der Waals surface area contributed by atoms with E-state index in [1.807, 2.05) is 0 Å². The number of anilines is 6. The molecule has 5 heterocycles. The Bertz CT molecular complexity index is 3480. The molecule has 5 aliphatic rings. The predicted molar refractivity (Wildman–Crippen MR) is 301 cm³/mol. The van der Waals surface area contributed by atoms with E-state index in [-0.39, 0.29) is 60.7 Å². The number of amides is 8. The summed E-state index contributed by atoms with van der Waals surface area (Å²) in [7, 11) is 2.14. The van der Waals surface area contributed by atoms with E-state index in [1.165, 1.54) is 78.0 Å². The minimum absolute atomic E-state index is 0.0495. The zero-order valence-electron chi connectivity index (χ0n) is 45.8. The average Bonchev–Trinajstić information content (AvgIpc) is 2.52. The second kappa shape index (κ2) is 25.3. The molecule has 6 aromatic rings. The number of hydrogen-bond acceptors (Lipinski definition) is 13. The fraction of sp³-hybridized carbons (Fsp3) is 0.322. The molecular formula is C59H59F5N12O9. The van der Waals surface area contributed by atoms with E-state index in [4.69, 9.17) is 9.47 Å². The van der Waals surface area contributed by atoms with Gasteiger partial charge < -0.3 is 50.5 Å². The van der Waals surface area contributed by atoms with Crippen LogP contribution in [0.3, 0.4) is 0 Å². The van der Waals surface area contributed by atoms with Crippen LogP contribution in [0.5, 0.6) is 23.0 Å². The molecule has 0 bridgehead atoms. The Morgan fingerprint density at radius 1 is 0.506 bits per heavy atom. The first-order valence-corrected chi connectivity index (χ1v) is 27.4. The van der Waals surface area contributed by atoms with Crippen LogP contribution in [0.2, 0.25) is 0 Å². The number of aliphatic hydroxyl groups excluding tert-OH is 1. The van der Waals surface area contributed by atoms with Gasteiger partial charge in [-0.3, -0.25) is 34.7 Å². The Balaban J connectivity index is 0.000000192. The standard InChI is InChI=1S/C33H37F2N7O4.C26H22F3N5O5/c1-40-16-18-41(19-17-40)24-9-14-42(15-10-24)32(45)39-29-21-26(8-13-36-29)46-25-6-7-28(27(35)20-25)38-31(44)33(11-12-33)30(43)37-23-4-2-22(34)3-5-23;27-14-1-3-15(4-2-14)31-23(36)26(6-7-26)24(37)32-20-10-19(29)21(11-18(20)28)39-17-5-8-30-22(9-17)33-25(38)34-12-16(35)13-34/h2-8,13,20-21,24H,9-12,14-19H2,1H3,(H,37,43)(H,38,44)(H,36,39,45);1-5,8-11,16,35H,6-7,12-13H2,(H,31,36)(H,32,37)(H,30,33,38). The van der Waals surface area contributed by atoms with Gasteiger partial charge in [0.1, 0.15) is 57.2 Å². The van der Waals surface area contributed by atoms with E-state index in [0.29, 0.717) is 49.2 Å². The first-order valence-electron chi connectivity index (χ1n) is 27.4. The van der Waals surface area contributed by atoms with Crippen molar-refractivity contribution in [3.8, 4) is 23.0 Å². The van der Waals surface area contributed by atoms with Gasteiger partial charge in [-0.15, -0.1) is 0 Å². The number of nitrogens with zero attached hydrogens (tertiary/aromatic N) is 6. The summed E-state index contributed by atoms with van der Waals surface area (Å²) in [6.45, 7) is 5.98. The monoisotopic (exact) mass is 1170 g/mol. The minimum Gasteiger partial charge on any atom is -0.457 e. The molecule has 11 rings (SSSR count). The van der Waals surface area contributed by atoms with Gasteiger partial charge in [0.25, 0.3) is 0 Å². The number of nitrogens with one attached hydrogen (secondary N) is 6. The van der Waals surface area contributed by atoms with E-state index in [9.17, 15) is 51.4 Å². The van der Waals surface area contributed by atoms with Crippen molar-refractivity contribution in [2.24, 2.45) is 10.8 Å². The lowest BCUT2D eigenvalue weighted by Gasteiger charge is -2.42. The summed E-state index contributed by atoms with van der Waals surface area (Å²) < 4.78 is 82.1. The molecule has 444 valence electrons. The fourth-order valence-electron chi connectivity index (χ4n) is 9.75. The molecule has 2 aromatic heterocycles. The van der Waals surface area contributed by atoms with Crippen LogP contribution in [0, 0.1) is 39.9 Å². The first-order chi connectivity index (χ1) is 40.8. The number of piperazine rings is 1. The van der Waals surface area contributed by atoms with Gasteiger partial charge in [-0.05, 0) is 118 Å². The number of carbonyl (C=O) groups excluding carboxylic acids is 6.